The Morgan fingerprint density at radius 2 is 1.65 bits per heavy atom. The Labute approximate surface area is 181 Å². The Kier molecular flexibility index (Phi) is 7.65. The first-order valence-electron chi connectivity index (χ1n) is 9.91. The molecule has 0 saturated carbocycles. The van der Waals surface area contributed by atoms with Gasteiger partial charge in [-0.05, 0) is 41.3 Å². The third kappa shape index (κ3) is 6.60. The minimum atomic E-state index is -0.841. The fourth-order valence-electron chi connectivity index (χ4n) is 2.99. The number of ether oxygens (including phenoxy) is 3. The van der Waals surface area contributed by atoms with Crippen LogP contribution in [-0.2, 0) is 17.8 Å². The summed E-state index contributed by atoms with van der Waals surface area (Å²) < 4.78 is 16.9. The molecule has 0 amide bonds. The van der Waals surface area contributed by atoms with Gasteiger partial charge in [0.15, 0.2) is 0 Å². The first-order valence-corrected chi connectivity index (χ1v) is 9.91. The van der Waals surface area contributed by atoms with Gasteiger partial charge in [-0.2, -0.15) is 0 Å². The summed E-state index contributed by atoms with van der Waals surface area (Å²) in [5.74, 6) is 1.11. The van der Waals surface area contributed by atoms with Crippen LogP contribution in [0.25, 0.3) is 0 Å². The Morgan fingerprint density at radius 1 is 0.935 bits per heavy atom. The van der Waals surface area contributed by atoms with Crippen molar-refractivity contribution in [2.24, 2.45) is 0 Å². The van der Waals surface area contributed by atoms with Crippen LogP contribution >= 0.6 is 0 Å². The normalized spacial score (nSPS) is 10.4. The molecule has 160 valence electrons. The molecule has 6 nitrogen and oxygen atoms in total. The highest BCUT2D eigenvalue weighted by Crippen LogP contribution is 2.26. The highest BCUT2D eigenvalue weighted by atomic mass is 16.5. The van der Waals surface area contributed by atoms with Gasteiger partial charge in [0, 0.05) is 12.5 Å². The molecule has 0 spiro atoms. The molecule has 0 saturated heterocycles. The lowest BCUT2D eigenvalue weighted by molar-refractivity contribution is -0.136. The lowest BCUT2D eigenvalue weighted by Crippen LogP contribution is -2.11. The quantitative estimate of drug-likeness (QED) is 0.438. The largest absolute Gasteiger partial charge is 0.496 e. The topological polar surface area (TPSA) is 88.8 Å². The third-order valence-electron chi connectivity index (χ3n) is 4.70. The van der Waals surface area contributed by atoms with E-state index in [9.17, 15) is 4.79 Å². The van der Waals surface area contributed by atoms with Crippen LogP contribution in [0.4, 0.5) is 0 Å². The van der Waals surface area contributed by atoms with Gasteiger partial charge < -0.3 is 24.7 Å². The number of aliphatic carboxylic acids is 1. The van der Waals surface area contributed by atoms with Gasteiger partial charge >= 0.3 is 5.97 Å². The van der Waals surface area contributed by atoms with E-state index in [2.05, 4.69) is 0 Å². The number of hydrogen-bond acceptors (Lipinski definition) is 5. The van der Waals surface area contributed by atoms with Crippen molar-refractivity contribution < 1.29 is 24.1 Å². The van der Waals surface area contributed by atoms with Crippen LogP contribution in [0.1, 0.15) is 23.1 Å². The van der Waals surface area contributed by atoms with Crippen LogP contribution in [0, 0.1) is 5.41 Å². The van der Waals surface area contributed by atoms with E-state index < -0.39 is 5.97 Å². The Hall–Kier alpha value is -3.80. The molecule has 2 N–H and O–H groups in total. The van der Waals surface area contributed by atoms with Gasteiger partial charge in [-0.1, -0.05) is 48.5 Å². The van der Waals surface area contributed by atoms with Crippen LogP contribution in [0.15, 0.2) is 72.8 Å². The van der Waals surface area contributed by atoms with Crippen LogP contribution in [-0.4, -0.2) is 30.5 Å². The third-order valence-corrected chi connectivity index (χ3v) is 4.70. The van der Waals surface area contributed by atoms with Crippen molar-refractivity contribution in [2.75, 3.05) is 13.7 Å². The molecule has 0 aromatic heterocycles. The first kappa shape index (κ1) is 21.9. The van der Waals surface area contributed by atoms with Gasteiger partial charge in [-0.15, -0.1) is 0 Å². The number of carbonyl (C=O) groups is 1. The average molecular weight is 419 g/mol. The zero-order valence-corrected chi connectivity index (χ0v) is 17.3. The summed E-state index contributed by atoms with van der Waals surface area (Å²) in [5, 5.41) is 16.9. The van der Waals surface area contributed by atoms with Crippen LogP contribution < -0.4 is 14.2 Å². The molecule has 3 aromatic carbocycles. The molecule has 0 bridgehead atoms. The van der Waals surface area contributed by atoms with E-state index in [0.717, 1.165) is 16.7 Å². The number of hydrogen-bond donors (Lipinski definition) is 2. The first-order chi connectivity index (χ1) is 15.0. The molecule has 3 rings (SSSR count). The number of carboxylic acid groups (broad SMARTS) is 1. The van der Waals surface area contributed by atoms with Gasteiger partial charge in [0.1, 0.15) is 30.5 Å². The number of carboxylic acids is 1. The average Bonchev–Trinajstić information content (AvgIpc) is 2.81. The maximum absolute atomic E-state index is 10.8. The monoisotopic (exact) mass is 419 g/mol. The SMILES string of the molecule is COc1cc(OCc2ccc(OCC(=N)c3ccccc3)cc2)ccc1CCC(=O)O. The lowest BCUT2D eigenvalue weighted by atomic mass is 10.1. The highest BCUT2D eigenvalue weighted by molar-refractivity contribution is 5.99. The standard InChI is InChI=1S/C25H25NO5/c1-29-24-15-22(13-9-20(24)10-14-25(27)28)30-16-18-7-11-21(12-8-18)31-17-23(26)19-5-3-2-4-6-19/h2-9,11-13,15,26H,10,14,16-17H2,1H3,(H,27,28). The molecular weight excluding hydrogens is 394 g/mol. The summed E-state index contributed by atoms with van der Waals surface area (Å²) >= 11 is 0. The van der Waals surface area contributed by atoms with E-state index in [-0.39, 0.29) is 13.0 Å². The smallest absolute Gasteiger partial charge is 0.303 e. The molecule has 0 aliphatic carbocycles. The predicted molar refractivity (Wildman–Crippen MR) is 118 cm³/mol. The molecule has 6 heteroatoms. The zero-order valence-electron chi connectivity index (χ0n) is 17.3. The second kappa shape index (κ2) is 10.8. The highest BCUT2D eigenvalue weighted by Gasteiger charge is 2.08. The van der Waals surface area contributed by atoms with Gasteiger partial charge in [-0.25, -0.2) is 0 Å². The van der Waals surface area contributed by atoms with Crippen molar-refractivity contribution >= 4 is 11.7 Å². The summed E-state index contributed by atoms with van der Waals surface area (Å²) in [6, 6.07) is 22.4. The van der Waals surface area contributed by atoms with Crippen molar-refractivity contribution in [2.45, 2.75) is 19.4 Å². The van der Waals surface area contributed by atoms with Crippen LogP contribution in [0.2, 0.25) is 0 Å². The van der Waals surface area contributed by atoms with Crippen LogP contribution in [0.3, 0.4) is 0 Å². The molecule has 3 aromatic rings. The molecule has 0 radical (unpaired) electrons. The van der Waals surface area contributed by atoms with Crippen molar-refractivity contribution in [3.8, 4) is 17.2 Å². The van der Waals surface area contributed by atoms with E-state index in [1.54, 1.807) is 13.2 Å². The van der Waals surface area contributed by atoms with Crippen molar-refractivity contribution in [1.29, 1.82) is 5.41 Å². The van der Waals surface area contributed by atoms with E-state index >= 15 is 0 Å². The molecule has 0 heterocycles. The molecule has 0 fully saturated rings. The Balaban J connectivity index is 1.52. The summed E-state index contributed by atoms with van der Waals surface area (Å²) in [6.07, 6.45) is 0.456. The van der Waals surface area contributed by atoms with Crippen molar-refractivity contribution in [1.82, 2.24) is 0 Å². The molecular formula is C25H25NO5. The number of nitrogens with one attached hydrogen (secondary N) is 1. The van der Waals surface area contributed by atoms with E-state index in [1.165, 1.54) is 0 Å². The fourth-order valence-corrected chi connectivity index (χ4v) is 2.99. The molecule has 0 atom stereocenters. The van der Waals surface area contributed by atoms with Gasteiger partial charge in [0.2, 0.25) is 0 Å². The zero-order chi connectivity index (χ0) is 22.1. The summed E-state index contributed by atoms with van der Waals surface area (Å²) in [5.41, 5.74) is 3.07. The number of methoxy groups -OCH3 is 1. The van der Waals surface area contributed by atoms with Crippen molar-refractivity contribution in [3.63, 3.8) is 0 Å². The molecule has 0 aliphatic heterocycles. The molecule has 0 aliphatic rings. The molecule has 31 heavy (non-hydrogen) atoms. The van der Waals surface area contributed by atoms with Gasteiger partial charge in [-0.3, -0.25) is 4.79 Å². The Morgan fingerprint density at radius 3 is 2.32 bits per heavy atom. The maximum Gasteiger partial charge on any atom is 0.303 e. The van der Waals surface area contributed by atoms with E-state index in [4.69, 9.17) is 24.7 Å². The van der Waals surface area contributed by atoms with Crippen molar-refractivity contribution in [3.05, 3.63) is 89.5 Å². The van der Waals surface area contributed by atoms with Gasteiger partial charge in [0.25, 0.3) is 0 Å². The fraction of sp³-hybridized carbons (Fsp3) is 0.200. The van der Waals surface area contributed by atoms with E-state index in [1.807, 2.05) is 66.7 Å². The second-order valence-electron chi connectivity index (χ2n) is 6.93. The minimum absolute atomic E-state index is 0.0514. The van der Waals surface area contributed by atoms with Crippen LogP contribution in [0.5, 0.6) is 17.2 Å². The van der Waals surface area contributed by atoms with Gasteiger partial charge in [0.05, 0.1) is 12.8 Å². The number of aryl methyl sites for hydroxylation is 1. The maximum atomic E-state index is 10.8. The minimum Gasteiger partial charge on any atom is -0.496 e. The predicted octanol–water partition coefficient (Wildman–Crippen LogP) is 4.74. The number of benzene rings is 3. The number of rotatable bonds is 11. The summed E-state index contributed by atoms with van der Waals surface area (Å²) in [6.45, 7) is 0.575. The van der Waals surface area contributed by atoms with E-state index in [0.29, 0.717) is 36.0 Å². The lowest BCUT2D eigenvalue weighted by Gasteiger charge is -2.12. The summed E-state index contributed by atoms with van der Waals surface area (Å²) in [7, 11) is 1.56. The second-order valence-corrected chi connectivity index (χ2v) is 6.93. The Bertz CT molecular complexity index is 1020. The summed E-state index contributed by atoms with van der Waals surface area (Å²) in [4.78, 5) is 10.8. The molecule has 0 unspecified atom stereocenters.